The normalized spacial score (nSPS) is 10.9. The van der Waals surface area contributed by atoms with Crippen LogP contribution in [0.15, 0.2) is 55.0 Å². The number of hydrogen-bond donors (Lipinski definition) is 2. The molecular weight excluding hydrogens is 768 g/mol. The van der Waals surface area contributed by atoms with E-state index in [2.05, 4.69) is 68.5 Å². The molecule has 0 heterocycles. The van der Waals surface area contributed by atoms with E-state index in [1.807, 2.05) is 0 Å². The lowest BCUT2D eigenvalue weighted by Crippen LogP contribution is -2.06. The molecule has 0 aliphatic heterocycles. The predicted octanol–water partition coefficient (Wildman–Crippen LogP) is 8.92. The highest BCUT2D eigenvalue weighted by Crippen LogP contribution is 2.24. The van der Waals surface area contributed by atoms with Gasteiger partial charge in [-0.05, 0) is 111 Å². The van der Waals surface area contributed by atoms with Crippen molar-refractivity contribution < 1.29 is 40.8 Å². The van der Waals surface area contributed by atoms with Crippen molar-refractivity contribution in [1.29, 1.82) is 0 Å². The molecule has 234 valence electrons. The van der Waals surface area contributed by atoms with Gasteiger partial charge < -0.3 is 15.4 Å². The number of Topliss-reactive ketones (excluding diaryl/α,β-unsaturated/α-hetero) is 1. The SMILES string of the molecule is C.CC(=O)c1cc(F)c(Br)c(F)c1.CC(N)c1cc(F)c(Br)c(F)c1.CO/N=C(/C)c1cc(F)c(Br)c(F)c1.CON. The summed E-state index contributed by atoms with van der Waals surface area (Å²) in [5.41, 5.74) is 6.71. The molecule has 0 aromatic heterocycles. The largest absolute Gasteiger partial charge is 0.399 e. The second kappa shape index (κ2) is 20.6. The first kappa shape index (κ1) is 41.8. The van der Waals surface area contributed by atoms with Crippen LogP contribution < -0.4 is 11.6 Å². The van der Waals surface area contributed by atoms with Gasteiger partial charge in [0, 0.05) is 17.2 Å². The van der Waals surface area contributed by atoms with E-state index in [0.29, 0.717) is 16.8 Å². The molecule has 3 rings (SSSR count). The fourth-order valence-electron chi connectivity index (χ4n) is 2.55. The molecule has 1 unspecified atom stereocenters. The summed E-state index contributed by atoms with van der Waals surface area (Å²) < 4.78 is 76.8. The summed E-state index contributed by atoms with van der Waals surface area (Å²) in [7, 11) is 2.77. The summed E-state index contributed by atoms with van der Waals surface area (Å²) >= 11 is 8.25. The van der Waals surface area contributed by atoms with Crippen molar-refractivity contribution in [2.75, 3.05) is 14.2 Å². The molecule has 1 atom stereocenters. The molecule has 0 fully saturated rings. The number of carbonyl (C=O) groups excluding carboxylic acids is 1. The quantitative estimate of drug-likeness (QED) is 0.0904. The highest BCUT2D eigenvalue weighted by atomic mass is 79.9. The lowest BCUT2D eigenvalue weighted by molar-refractivity contribution is 0.101. The van der Waals surface area contributed by atoms with Crippen LogP contribution in [0.2, 0.25) is 0 Å². The summed E-state index contributed by atoms with van der Waals surface area (Å²) in [4.78, 5) is 19.0. The number of nitrogens with two attached hydrogens (primary N) is 2. The van der Waals surface area contributed by atoms with Gasteiger partial charge in [-0.25, -0.2) is 32.2 Å². The van der Waals surface area contributed by atoms with Crippen LogP contribution in [0.1, 0.15) is 55.7 Å². The Morgan fingerprint density at radius 2 is 1.02 bits per heavy atom. The number of carbonyl (C=O) groups is 1. The summed E-state index contributed by atoms with van der Waals surface area (Å²) in [6.07, 6.45) is 0. The maximum absolute atomic E-state index is 13.1. The Morgan fingerprint density at radius 1 is 0.738 bits per heavy atom. The average Bonchev–Trinajstić information content (AvgIpc) is 2.89. The minimum Gasteiger partial charge on any atom is -0.399 e. The first-order chi connectivity index (χ1) is 19.0. The number of halogens is 9. The third kappa shape index (κ3) is 13.8. The molecule has 0 spiro atoms. The van der Waals surface area contributed by atoms with Crippen LogP contribution in [0, 0.1) is 34.9 Å². The van der Waals surface area contributed by atoms with E-state index in [-0.39, 0.29) is 38.2 Å². The second-order valence-electron chi connectivity index (χ2n) is 7.75. The van der Waals surface area contributed by atoms with E-state index in [9.17, 15) is 31.1 Å². The van der Waals surface area contributed by atoms with Crippen molar-refractivity contribution >= 4 is 59.3 Å². The molecule has 0 bridgehead atoms. The van der Waals surface area contributed by atoms with Crippen molar-refractivity contribution in [2.24, 2.45) is 16.8 Å². The maximum Gasteiger partial charge on any atom is 0.160 e. The van der Waals surface area contributed by atoms with Crippen LogP contribution in [0.3, 0.4) is 0 Å². The minimum absolute atomic E-state index is 0. The van der Waals surface area contributed by atoms with E-state index < -0.39 is 34.9 Å². The van der Waals surface area contributed by atoms with E-state index >= 15 is 0 Å². The highest BCUT2D eigenvalue weighted by molar-refractivity contribution is 9.11. The van der Waals surface area contributed by atoms with Crippen LogP contribution in [0.4, 0.5) is 26.3 Å². The van der Waals surface area contributed by atoms with Gasteiger partial charge in [0.25, 0.3) is 0 Å². The Bertz CT molecular complexity index is 1290. The van der Waals surface area contributed by atoms with Crippen LogP contribution in [-0.2, 0) is 9.68 Å². The number of nitrogens with zero attached hydrogens (tertiary/aromatic N) is 1. The fourth-order valence-corrected chi connectivity index (χ4v) is 3.24. The second-order valence-corrected chi connectivity index (χ2v) is 10.1. The predicted molar refractivity (Wildman–Crippen MR) is 162 cm³/mol. The Labute approximate surface area is 265 Å². The lowest BCUT2D eigenvalue weighted by atomic mass is 10.1. The molecule has 42 heavy (non-hydrogen) atoms. The van der Waals surface area contributed by atoms with Gasteiger partial charge in [0.05, 0.1) is 26.2 Å². The number of ketones is 1. The van der Waals surface area contributed by atoms with Gasteiger partial charge in [0.15, 0.2) is 5.78 Å². The van der Waals surface area contributed by atoms with Crippen LogP contribution in [0.5, 0.6) is 0 Å². The standard InChI is InChI=1S/C9H8BrF2NO.C8H8BrF2N.C8H5BrF2O.CH5NO.CH4/c1-5(13-14-2)6-3-7(11)9(10)8(12)4-6;2*1-4(12)5-2-6(10)8(9)7(11)3-5;1-3-2;/h3-4H,1-2H3;2-4H,12H2,1H3;2-3H,1H3;2H2,1H3;1H4/b13-5-;;;;. The van der Waals surface area contributed by atoms with Gasteiger partial charge in [-0.2, -0.15) is 0 Å². The monoisotopic (exact) mass is 795 g/mol. The smallest absolute Gasteiger partial charge is 0.160 e. The third-order valence-corrected chi connectivity index (χ3v) is 6.82. The Hall–Kier alpha value is -2.30. The molecule has 3 aromatic carbocycles. The summed E-state index contributed by atoms with van der Waals surface area (Å²) in [5.74, 6) is -0.110. The Morgan fingerprint density at radius 3 is 1.29 bits per heavy atom. The van der Waals surface area contributed by atoms with Crippen molar-refractivity contribution in [3.63, 3.8) is 0 Å². The van der Waals surface area contributed by atoms with E-state index in [1.54, 1.807) is 13.8 Å². The first-order valence-electron chi connectivity index (χ1n) is 11.0. The van der Waals surface area contributed by atoms with Gasteiger partial charge in [0.2, 0.25) is 0 Å². The number of benzene rings is 3. The zero-order chi connectivity index (χ0) is 32.0. The molecule has 0 aliphatic rings. The Balaban J connectivity index is 0. The van der Waals surface area contributed by atoms with Crippen molar-refractivity contribution in [3.05, 3.63) is 101 Å². The minimum atomic E-state index is -0.764. The van der Waals surface area contributed by atoms with Crippen molar-refractivity contribution in [1.82, 2.24) is 0 Å². The fraction of sp³-hybridized carbons (Fsp3) is 0.259. The van der Waals surface area contributed by atoms with Gasteiger partial charge in [0.1, 0.15) is 42.0 Å². The molecule has 0 saturated heterocycles. The first-order valence-corrected chi connectivity index (χ1v) is 13.4. The van der Waals surface area contributed by atoms with Gasteiger partial charge in [-0.15, -0.1) is 0 Å². The van der Waals surface area contributed by atoms with Crippen LogP contribution >= 0.6 is 47.8 Å². The van der Waals surface area contributed by atoms with Gasteiger partial charge in [-0.3, -0.25) is 4.79 Å². The molecule has 0 radical (unpaired) electrons. The maximum atomic E-state index is 13.1. The molecule has 0 amide bonds. The molecular formula is C27H30Br3F6N3O3. The molecule has 0 aliphatic carbocycles. The van der Waals surface area contributed by atoms with E-state index in [1.165, 1.54) is 45.4 Å². The lowest BCUT2D eigenvalue weighted by Gasteiger charge is -2.06. The number of oxime groups is 1. The van der Waals surface area contributed by atoms with Crippen LogP contribution in [-0.4, -0.2) is 25.7 Å². The highest BCUT2D eigenvalue weighted by Gasteiger charge is 2.12. The molecule has 15 heteroatoms. The zero-order valence-corrected chi connectivity index (χ0v) is 27.0. The summed E-state index contributed by atoms with van der Waals surface area (Å²) in [6, 6.07) is 6.44. The Kier molecular flexibility index (Phi) is 20.5. The van der Waals surface area contributed by atoms with Gasteiger partial charge in [-0.1, -0.05) is 12.6 Å². The molecule has 3 aromatic rings. The van der Waals surface area contributed by atoms with E-state index in [4.69, 9.17) is 5.73 Å². The number of rotatable bonds is 4. The van der Waals surface area contributed by atoms with E-state index in [0.717, 1.165) is 12.1 Å². The summed E-state index contributed by atoms with van der Waals surface area (Å²) in [6.45, 7) is 4.52. The summed E-state index contributed by atoms with van der Waals surface area (Å²) in [5, 5.41) is 3.57. The van der Waals surface area contributed by atoms with Crippen molar-refractivity contribution in [3.8, 4) is 0 Å². The number of hydrogen-bond acceptors (Lipinski definition) is 6. The zero-order valence-electron chi connectivity index (χ0n) is 22.3. The average molecular weight is 798 g/mol. The third-order valence-electron chi connectivity index (χ3n) is 4.55. The van der Waals surface area contributed by atoms with Gasteiger partial charge >= 0.3 is 0 Å². The molecule has 6 nitrogen and oxygen atoms in total. The molecule has 4 N–H and O–H groups in total. The van der Waals surface area contributed by atoms with Crippen LogP contribution in [0.25, 0.3) is 0 Å². The van der Waals surface area contributed by atoms with Crippen molar-refractivity contribution in [2.45, 2.75) is 34.2 Å². The molecule has 0 saturated carbocycles. The topological polar surface area (TPSA) is 99.9 Å².